The maximum Gasteiger partial charge on any atom is 0.293 e. The Morgan fingerprint density at radius 2 is 1.64 bits per heavy atom. The van der Waals surface area contributed by atoms with Crippen LogP contribution in [0.4, 0.5) is 0 Å². The number of hydrogen-bond donors (Lipinski definition) is 1. The van der Waals surface area contributed by atoms with E-state index in [0.717, 1.165) is 37.2 Å². The number of aromatic nitrogens is 3. The highest BCUT2D eigenvalue weighted by molar-refractivity contribution is 5.91. The number of carbonyl (C=O) groups excluding carboxylic acids is 1. The first-order valence-electron chi connectivity index (χ1n) is 9.91. The van der Waals surface area contributed by atoms with Crippen LogP contribution in [0.5, 0.6) is 0 Å². The molecule has 0 saturated carbocycles. The van der Waals surface area contributed by atoms with Crippen molar-refractivity contribution < 1.29 is 4.79 Å². The van der Waals surface area contributed by atoms with Crippen LogP contribution in [0, 0.1) is 0 Å². The molecule has 2 fully saturated rings. The first-order valence-corrected chi connectivity index (χ1v) is 9.91. The van der Waals surface area contributed by atoms with Gasteiger partial charge in [0.2, 0.25) is 5.82 Å². The average molecular weight is 373 g/mol. The van der Waals surface area contributed by atoms with Crippen LogP contribution in [0.1, 0.15) is 29.9 Å². The molecule has 28 heavy (non-hydrogen) atoms. The zero-order chi connectivity index (χ0) is 18.9. The second-order valence-corrected chi connectivity index (χ2v) is 7.55. The first-order chi connectivity index (χ1) is 13.8. The van der Waals surface area contributed by atoms with E-state index in [4.69, 9.17) is 0 Å². The lowest BCUT2D eigenvalue weighted by Gasteiger charge is -2.22. The number of amides is 1. The van der Waals surface area contributed by atoms with Crippen molar-refractivity contribution in [2.45, 2.75) is 31.3 Å². The number of nitrogens with one attached hydrogen (secondary N) is 1. The fraction of sp³-hybridized carbons (Fsp3) is 0.318. The summed E-state index contributed by atoms with van der Waals surface area (Å²) < 4.78 is 1.77. The van der Waals surface area contributed by atoms with E-state index in [-0.39, 0.29) is 11.7 Å². The molecule has 6 heteroatoms. The van der Waals surface area contributed by atoms with Crippen LogP contribution < -0.4 is 5.32 Å². The van der Waals surface area contributed by atoms with E-state index in [0.29, 0.717) is 17.9 Å². The molecule has 142 valence electrons. The Kier molecular flexibility index (Phi) is 4.41. The van der Waals surface area contributed by atoms with Gasteiger partial charge in [0.25, 0.3) is 5.91 Å². The monoisotopic (exact) mass is 373 g/mol. The summed E-state index contributed by atoms with van der Waals surface area (Å²) in [6, 6.07) is 20.7. The summed E-state index contributed by atoms with van der Waals surface area (Å²) in [5, 5.41) is 8.24. The van der Waals surface area contributed by atoms with Crippen molar-refractivity contribution in [1.29, 1.82) is 0 Å². The van der Waals surface area contributed by atoms with Crippen LogP contribution in [-0.4, -0.2) is 50.7 Å². The van der Waals surface area contributed by atoms with E-state index < -0.39 is 0 Å². The Morgan fingerprint density at radius 1 is 0.929 bits per heavy atom. The third kappa shape index (κ3) is 3.20. The van der Waals surface area contributed by atoms with Crippen molar-refractivity contribution in [3.05, 3.63) is 66.5 Å². The van der Waals surface area contributed by atoms with Gasteiger partial charge in [-0.05, 0) is 31.4 Å². The van der Waals surface area contributed by atoms with Crippen molar-refractivity contribution in [1.82, 2.24) is 25.0 Å². The molecule has 5 rings (SSSR count). The number of likely N-dealkylation sites (tertiary alicyclic amines) is 1. The topological polar surface area (TPSA) is 63.1 Å². The SMILES string of the molecule is O=C(c1nc(-c2ccccc2)n(-c2ccccc2)n1)N1CCC2CCC(C1)N2. The Labute approximate surface area is 164 Å². The lowest BCUT2D eigenvalue weighted by molar-refractivity contribution is 0.0736. The second-order valence-electron chi connectivity index (χ2n) is 7.55. The highest BCUT2D eigenvalue weighted by Crippen LogP contribution is 2.24. The van der Waals surface area contributed by atoms with Gasteiger partial charge in [0.05, 0.1) is 5.69 Å². The third-order valence-corrected chi connectivity index (χ3v) is 5.64. The van der Waals surface area contributed by atoms with E-state index in [9.17, 15) is 4.79 Å². The van der Waals surface area contributed by atoms with E-state index in [2.05, 4.69) is 15.4 Å². The summed E-state index contributed by atoms with van der Waals surface area (Å²) in [5.74, 6) is 0.867. The fourth-order valence-electron chi connectivity index (χ4n) is 4.19. The molecule has 6 nitrogen and oxygen atoms in total. The molecular formula is C22H23N5O. The molecule has 1 N–H and O–H groups in total. The van der Waals surface area contributed by atoms with Gasteiger partial charge in [-0.25, -0.2) is 9.67 Å². The quantitative estimate of drug-likeness (QED) is 0.767. The Morgan fingerprint density at radius 3 is 2.43 bits per heavy atom. The van der Waals surface area contributed by atoms with Crippen molar-refractivity contribution >= 4 is 5.91 Å². The molecule has 0 aliphatic carbocycles. The molecule has 2 saturated heterocycles. The smallest absolute Gasteiger partial charge is 0.293 e. The van der Waals surface area contributed by atoms with Crippen molar-refractivity contribution in [2.24, 2.45) is 0 Å². The molecule has 3 heterocycles. The molecule has 2 aliphatic rings. The van der Waals surface area contributed by atoms with Gasteiger partial charge in [0.1, 0.15) is 0 Å². The van der Waals surface area contributed by atoms with Crippen molar-refractivity contribution in [3.63, 3.8) is 0 Å². The maximum absolute atomic E-state index is 13.2. The van der Waals surface area contributed by atoms with Gasteiger partial charge in [-0.3, -0.25) is 4.79 Å². The number of carbonyl (C=O) groups is 1. The van der Waals surface area contributed by atoms with E-state index in [1.807, 2.05) is 65.6 Å². The fourth-order valence-corrected chi connectivity index (χ4v) is 4.19. The summed E-state index contributed by atoms with van der Waals surface area (Å²) in [4.78, 5) is 19.8. The van der Waals surface area contributed by atoms with Crippen LogP contribution in [0.2, 0.25) is 0 Å². The molecule has 1 aromatic heterocycles. The van der Waals surface area contributed by atoms with Crippen molar-refractivity contribution in [3.8, 4) is 17.1 Å². The van der Waals surface area contributed by atoms with Gasteiger partial charge in [-0.2, -0.15) is 0 Å². The number of fused-ring (bicyclic) bond motifs is 2. The van der Waals surface area contributed by atoms with Crippen molar-refractivity contribution in [2.75, 3.05) is 13.1 Å². The molecule has 0 spiro atoms. The van der Waals surface area contributed by atoms with E-state index in [1.165, 1.54) is 6.42 Å². The number of benzene rings is 2. The van der Waals surface area contributed by atoms with Crippen LogP contribution in [0.15, 0.2) is 60.7 Å². The number of para-hydroxylation sites is 1. The molecule has 0 radical (unpaired) electrons. The standard InChI is InChI=1S/C22H23N5O/c28-22(26-14-13-17-11-12-18(15-26)23-17)20-24-21(16-7-3-1-4-8-16)27(25-20)19-9-5-2-6-10-19/h1-10,17-18,23H,11-15H2. The second kappa shape index (κ2) is 7.20. The summed E-state index contributed by atoms with van der Waals surface area (Å²) in [6.45, 7) is 1.49. The summed E-state index contributed by atoms with van der Waals surface area (Å²) >= 11 is 0. The molecule has 2 unspecified atom stereocenters. The lowest BCUT2D eigenvalue weighted by atomic mass is 10.1. The number of rotatable bonds is 3. The summed E-state index contributed by atoms with van der Waals surface area (Å²) in [7, 11) is 0. The number of hydrogen-bond acceptors (Lipinski definition) is 4. The van der Waals surface area contributed by atoms with Crippen LogP contribution in [0.25, 0.3) is 17.1 Å². The molecular weight excluding hydrogens is 350 g/mol. The molecule has 1 amide bonds. The molecule has 2 bridgehead atoms. The van der Waals surface area contributed by atoms with E-state index in [1.54, 1.807) is 4.68 Å². The molecule has 2 atom stereocenters. The minimum atomic E-state index is -0.0822. The summed E-state index contributed by atoms with van der Waals surface area (Å²) in [5.41, 5.74) is 1.83. The Balaban J connectivity index is 1.51. The predicted molar refractivity (Wildman–Crippen MR) is 107 cm³/mol. The zero-order valence-electron chi connectivity index (χ0n) is 15.7. The minimum absolute atomic E-state index is 0.0822. The van der Waals surface area contributed by atoms with Gasteiger partial charge in [0.15, 0.2) is 5.82 Å². The highest BCUT2D eigenvalue weighted by Gasteiger charge is 2.33. The van der Waals surface area contributed by atoms with Crippen LogP contribution >= 0.6 is 0 Å². The van der Waals surface area contributed by atoms with Gasteiger partial charge in [-0.15, -0.1) is 5.10 Å². The summed E-state index contributed by atoms with van der Waals surface area (Å²) in [6.07, 6.45) is 3.34. The molecule has 2 aromatic carbocycles. The minimum Gasteiger partial charge on any atom is -0.334 e. The first kappa shape index (κ1) is 17.1. The van der Waals surface area contributed by atoms with Gasteiger partial charge < -0.3 is 10.2 Å². The van der Waals surface area contributed by atoms with Gasteiger partial charge in [-0.1, -0.05) is 48.5 Å². The third-order valence-electron chi connectivity index (χ3n) is 5.64. The maximum atomic E-state index is 13.2. The van der Waals surface area contributed by atoms with Gasteiger partial charge >= 0.3 is 0 Å². The zero-order valence-corrected chi connectivity index (χ0v) is 15.7. The number of nitrogens with zero attached hydrogens (tertiary/aromatic N) is 4. The highest BCUT2D eigenvalue weighted by atomic mass is 16.2. The largest absolute Gasteiger partial charge is 0.334 e. The molecule has 2 aliphatic heterocycles. The normalized spacial score (nSPS) is 21.5. The molecule has 3 aromatic rings. The van der Waals surface area contributed by atoms with Gasteiger partial charge in [0, 0.05) is 30.7 Å². The Bertz CT molecular complexity index is 912. The van der Waals surface area contributed by atoms with Crippen LogP contribution in [-0.2, 0) is 0 Å². The average Bonchev–Trinajstić information content (AvgIpc) is 3.32. The Hall–Kier alpha value is -2.99. The van der Waals surface area contributed by atoms with E-state index >= 15 is 0 Å². The lowest BCUT2D eigenvalue weighted by Crippen LogP contribution is -2.39. The predicted octanol–water partition coefficient (Wildman–Crippen LogP) is 2.90. The van der Waals surface area contributed by atoms with Crippen LogP contribution in [0.3, 0.4) is 0 Å².